The zero-order valence-corrected chi connectivity index (χ0v) is 18.8. The fourth-order valence-electron chi connectivity index (χ4n) is 4.20. The summed E-state index contributed by atoms with van der Waals surface area (Å²) in [4.78, 5) is 17.0. The summed E-state index contributed by atoms with van der Waals surface area (Å²) in [6.07, 6.45) is 6.12. The SMILES string of the molecule is COCCN(Cc1c(-c2ccccc2)noc1N(C)C1CCCCC1)C(=O)C(C)C. The summed E-state index contributed by atoms with van der Waals surface area (Å²) >= 11 is 0. The zero-order valence-electron chi connectivity index (χ0n) is 18.8. The normalized spacial score (nSPS) is 14.8. The van der Waals surface area contributed by atoms with Crippen LogP contribution in [0.25, 0.3) is 11.3 Å². The molecule has 1 heterocycles. The minimum absolute atomic E-state index is 0.0820. The molecule has 0 aliphatic heterocycles. The van der Waals surface area contributed by atoms with Crippen molar-refractivity contribution in [3.63, 3.8) is 0 Å². The van der Waals surface area contributed by atoms with Crippen LogP contribution in [0.2, 0.25) is 0 Å². The third kappa shape index (κ3) is 5.22. The van der Waals surface area contributed by atoms with Gasteiger partial charge in [-0.3, -0.25) is 4.79 Å². The third-order valence-corrected chi connectivity index (χ3v) is 5.98. The molecule has 1 aromatic heterocycles. The van der Waals surface area contributed by atoms with Crippen molar-refractivity contribution >= 4 is 11.8 Å². The highest BCUT2D eigenvalue weighted by atomic mass is 16.5. The summed E-state index contributed by atoms with van der Waals surface area (Å²) in [5.74, 6) is 0.805. The molecule has 3 rings (SSSR count). The summed E-state index contributed by atoms with van der Waals surface area (Å²) in [7, 11) is 3.76. The quantitative estimate of drug-likeness (QED) is 0.594. The van der Waals surface area contributed by atoms with Crippen molar-refractivity contribution in [2.75, 3.05) is 32.2 Å². The minimum Gasteiger partial charge on any atom is -0.383 e. The van der Waals surface area contributed by atoms with Crippen molar-refractivity contribution in [2.45, 2.75) is 58.5 Å². The lowest BCUT2D eigenvalue weighted by Gasteiger charge is -2.32. The molecule has 1 fully saturated rings. The van der Waals surface area contributed by atoms with Crippen LogP contribution in [0.5, 0.6) is 0 Å². The Hall–Kier alpha value is -2.34. The van der Waals surface area contributed by atoms with Gasteiger partial charge in [-0.05, 0) is 12.8 Å². The van der Waals surface area contributed by atoms with E-state index in [1.165, 1.54) is 19.3 Å². The number of hydrogen-bond donors (Lipinski definition) is 0. The van der Waals surface area contributed by atoms with E-state index in [9.17, 15) is 4.79 Å². The molecule has 164 valence electrons. The second-order valence-electron chi connectivity index (χ2n) is 8.49. The van der Waals surface area contributed by atoms with E-state index in [1.807, 2.05) is 49.1 Å². The molecule has 6 heteroatoms. The van der Waals surface area contributed by atoms with Crippen molar-refractivity contribution in [2.24, 2.45) is 5.92 Å². The molecular weight excluding hydrogens is 378 g/mol. The first-order valence-electron chi connectivity index (χ1n) is 11.1. The Morgan fingerprint density at radius 3 is 2.53 bits per heavy atom. The Morgan fingerprint density at radius 1 is 1.20 bits per heavy atom. The first-order chi connectivity index (χ1) is 14.5. The molecule has 0 radical (unpaired) electrons. The molecule has 2 aromatic rings. The Labute approximate surface area is 180 Å². The fourth-order valence-corrected chi connectivity index (χ4v) is 4.20. The number of rotatable bonds is 9. The monoisotopic (exact) mass is 413 g/mol. The van der Waals surface area contributed by atoms with Crippen LogP contribution in [0, 0.1) is 5.92 Å². The number of carbonyl (C=O) groups excluding carboxylic acids is 1. The number of hydrogen-bond acceptors (Lipinski definition) is 5. The van der Waals surface area contributed by atoms with Gasteiger partial charge in [0.05, 0.1) is 18.7 Å². The van der Waals surface area contributed by atoms with Gasteiger partial charge < -0.3 is 19.1 Å². The lowest BCUT2D eigenvalue weighted by atomic mass is 9.94. The molecular formula is C24H35N3O3. The standard InChI is InChI=1S/C24H35N3O3/c1-18(2)23(28)27(15-16-29-4)17-21-22(19-11-7-5-8-12-19)25-30-24(21)26(3)20-13-9-6-10-14-20/h5,7-8,11-12,18,20H,6,9-10,13-17H2,1-4H3. The van der Waals surface area contributed by atoms with Gasteiger partial charge >= 0.3 is 0 Å². The lowest BCUT2D eigenvalue weighted by Crippen LogP contribution is -2.38. The van der Waals surface area contributed by atoms with Gasteiger partial charge in [0, 0.05) is 38.2 Å². The second-order valence-corrected chi connectivity index (χ2v) is 8.49. The van der Waals surface area contributed by atoms with E-state index in [-0.39, 0.29) is 11.8 Å². The molecule has 1 saturated carbocycles. The molecule has 1 aromatic carbocycles. The number of nitrogens with zero attached hydrogens (tertiary/aromatic N) is 3. The maximum Gasteiger partial charge on any atom is 0.232 e. The Kier molecular flexibility index (Phi) is 7.91. The van der Waals surface area contributed by atoms with Crippen molar-refractivity contribution in [3.05, 3.63) is 35.9 Å². The van der Waals surface area contributed by atoms with E-state index in [1.54, 1.807) is 7.11 Å². The fraction of sp³-hybridized carbons (Fsp3) is 0.583. The molecule has 0 saturated heterocycles. The molecule has 0 N–H and O–H groups in total. The third-order valence-electron chi connectivity index (χ3n) is 5.98. The first kappa shape index (κ1) is 22.3. The van der Waals surface area contributed by atoms with Gasteiger partial charge in [0.2, 0.25) is 11.8 Å². The zero-order chi connectivity index (χ0) is 21.5. The number of anilines is 1. The number of amides is 1. The van der Waals surface area contributed by atoms with E-state index in [0.29, 0.717) is 25.7 Å². The highest BCUT2D eigenvalue weighted by molar-refractivity contribution is 5.79. The highest BCUT2D eigenvalue weighted by Gasteiger charge is 2.29. The molecule has 1 amide bonds. The van der Waals surface area contributed by atoms with Crippen LogP contribution < -0.4 is 4.90 Å². The molecule has 0 unspecified atom stereocenters. The van der Waals surface area contributed by atoms with Gasteiger partial charge in [-0.15, -0.1) is 0 Å². The topological polar surface area (TPSA) is 58.8 Å². The van der Waals surface area contributed by atoms with Crippen LogP contribution in [0.4, 0.5) is 5.88 Å². The summed E-state index contributed by atoms with van der Waals surface area (Å²) < 4.78 is 11.2. The Balaban J connectivity index is 1.97. The predicted octanol–water partition coefficient (Wildman–Crippen LogP) is 4.74. The van der Waals surface area contributed by atoms with Crippen molar-refractivity contribution in [3.8, 4) is 11.3 Å². The first-order valence-corrected chi connectivity index (χ1v) is 11.1. The number of benzene rings is 1. The largest absolute Gasteiger partial charge is 0.383 e. The molecule has 0 atom stereocenters. The van der Waals surface area contributed by atoms with Gasteiger partial charge in [0.1, 0.15) is 5.69 Å². The summed E-state index contributed by atoms with van der Waals surface area (Å²) in [5, 5.41) is 4.45. The summed E-state index contributed by atoms with van der Waals surface area (Å²) in [6, 6.07) is 10.5. The minimum atomic E-state index is -0.0820. The lowest BCUT2D eigenvalue weighted by molar-refractivity contribution is -0.135. The van der Waals surface area contributed by atoms with Crippen LogP contribution in [0.1, 0.15) is 51.5 Å². The van der Waals surface area contributed by atoms with Crippen LogP contribution in [0.3, 0.4) is 0 Å². The van der Waals surface area contributed by atoms with Crippen LogP contribution >= 0.6 is 0 Å². The van der Waals surface area contributed by atoms with E-state index >= 15 is 0 Å². The number of aromatic nitrogens is 1. The average molecular weight is 414 g/mol. The van der Waals surface area contributed by atoms with Gasteiger partial charge in [-0.2, -0.15) is 0 Å². The van der Waals surface area contributed by atoms with Crippen molar-refractivity contribution in [1.29, 1.82) is 0 Å². The average Bonchev–Trinajstić information content (AvgIpc) is 3.20. The van der Waals surface area contributed by atoms with Crippen LogP contribution in [0.15, 0.2) is 34.9 Å². The number of ether oxygens (including phenoxy) is 1. The van der Waals surface area contributed by atoms with E-state index in [4.69, 9.17) is 9.26 Å². The van der Waals surface area contributed by atoms with E-state index < -0.39 is 0 Å². The molecule has 6 nitrogen and oxygen atoms in total. The Morgan fingerprint density at radius 2 is 1.90 bits per heavy atom. The van der Waals surface area contributed by atoms with Gasteiger partial charge in [-0.1, -0.05) is 68.6 Å². The molecule has 0 bridgehead atoms. The van der Waals surface area contributed by atoms with Crippen molar-refractivity contribution in [1.82, 2.24) is 10.1 Å². The van der Waals surface area contributed by atoms with Gasteiger partial charge in [-0.25, -0.2) is 0 Å². The maximum atomic E-state index is 12.9. The summed E-state index contributed by atoms with van der Waals surface area (Å²) in [5.41, 5.74) is 2.79. The molecule has 0 spiro atoms. The van der Waals surface area contributed by atoms with Gasteiger partial charge in [0.25, 0.3) is 0 Å². The van der Waals surface area contributed by atoms with E-state index in [0.717, 1.165) is 35.5 Å². The molecule has 1 aliphatic rings. The molecule has 30 heavy (non-hydrogen) atoms. The smallest absolute Gasteiger partial charge is 0.232 e. The van der Waals surface area contributed by atoms with Crippen LogP contribution in [-0.4, -0.2) is 49.3 Å². The van der Waals surface area contributed by atoms with Crippen LogP contribution in [-0.2, 0) is 16.1 Å². The summed E-state index contributed by atoms with van der Waals surface area (Å²) in [6.45, 7) is 5.37. The van der Waals surface area contributed by atoms with E-state index in [2.05, 4.69) is 17.1 Å². The van der Waals surface area contributed by atoms with Crippen molar-refractivity contribution < 1.29 is 14.1 Å². The predicted molar refractivity (Wildman–Crippen MR) is 119 cm³/mol. The number of carbonyl (C=O) groups is 1. The number of methoxy groups -OCH3 is 1. The Bertz CT molecular complexity index is 797. The maximum absolute atomic E-state index is 12.9. The second kappa shape index (κ2) is 10.6. The van der Waals surface area contributed by atoms with Gasteiger partial charge in [0.15, 0.2) is 0 Å². The molecule has 1 aliphatic carbocycles. The highest BCUT2D eigenvalue weighted by Crippen LogP contribution is 2.35.